The number of nitrogens with one attached hydrogen (secondary N) is 5. The molecule has 0 radical (unpaired) electrons. The third-order valence-electron chi connectivity index (χ3n) is 6.64. The summed E-state index contributed by atoms with van der Waals surface area (Å²) in [5, 5.41) is 12.9. The van der Waals surface area contributed by atoms with E-state index < -0.39 is 11.5 Å². The van der Waals surface area contributed by atoms with Crippen molar-refractivity contribution in [3.8, 4) is 5.88 Å². The minimum absolute atomic E-state index is 0.00708. The topological polar surface area (TPSA) is 123 Å². The lowest BCUT2D eigenvalue weighted by Gasteiger charge is -2.30. The van der Waals surface area contributed by atoms with Gasteiger partial charge >= 0.3 is 0 Å². The minimum atomic E-state index is -0.500. The number of hydrogen-bond donors (Lipinski definition) is 5. The van der Waals surface area contributed by atoms with Gasteiger partial charge in [0.1, 0.15) is 17.9 Å². The Balaban J connectivity index is 1.30. The second-order valence-corrected chi connectivity index (χ2v) is 9.23. The van der Waals surface area contributed by atoms with E-state index in [1.54, 1.807) is 12.3 Å². The van der Waals surface area contributed by atoms with Gasteiger partial charge in [0.15, 0.2) is 0 Å². The Morgan fingerprint density at radius 1 is 1.11 bits per heavy atom. The lowest BCUT2D eigenvalue weighted by atomic mass is 10.1. The standard InChI is InChI=1S/C26H31N7O3/c1-16-21(15-29-26-23(16)27-11-14-36-26)32-20-7-10-28-24(34)22(20)25(35)31-18-5-3-17(4-6-18)30-19-8-12-33(2)13-9-19/h3-7,10,15,19,27,30H,8-9,11-14H2,1-2H3,(H,31,35)(H2,28,32,34). The summed E-state index contributed by atoms with van der Waals surface area (Å²) in [6.45, 7) is 5.33. The van der Waals surface area contributed by atoms with E-state index in [1.807, 2.05) is 31.2 Å². The van der Waals surface area contributed by atoms with Crippen molar-refractivity contribution in [2.45, 2.75) is 25.8 Å². The molecule has 1 fully saturated rings. The fraction of sp³-hybridized carbons (Fsp3) is 0.346. The monoisotopic (exact) mass is 489 g/mol. The highest BCUT2D eigenvalue weighted by atomic mass is 16.5. The number of hydrogen-bond acceptors (Lipinski definition) is 8. The number of fused-ring (bicyclic) bond motifs is 1. The number of ether oxygens (including phenoxy) is 1. The van der Waals surface area contributed by atoms with Gasteiger partial charge in [-0.15, -0.1) is 0 Å². The number of aromatic nitrogens is 2. The van der Waals surface area contributed by atoms with Crippen LogP contribution >= 0.6 is 0 Å². The van der Waals surface area contributed by atoms with Crippen molar-refractivity contribution in [2.75, 3.05) is 54.6 Å². The second kappa shape index (κ2) is 10.3. The maximum atomic E-state index is 13.2. The smallest absolute Gasteiger partial charge is 0.263 e. The van der Waals surface area contributed by atoms with E-state index in [-0.39, 0.29) is 5.56 Å². The molecule has 5 rings (SSSR count). The van der Waals surface area contributed by atoms with Gasteiger partial charge in [0, 0.05) is 35.7 Å². The van der Waals surface area contributed by atoms with Crippen molar-refractivity contribution in [1.29, 1.82) is 0 Å². The van der Waals surface area contributed by atoms with Crippen LogP contribution in [0.15, 0.2) is 47.5 Å². The Morgan fingerprint density at radius 3 is 2.64 bits per heavy atom. The highest BCUT2D eigenvalue weighted by molar-refractivity contribution is 6.08. The molecule has 0 atom stereocenters. The fourth-order valence-electron chi connectivity index (χ4n) is 4.53. The SMILES string of the molecule is Cc1c(Nc2cc[nH]c(=O)c2C(=O)Nc2ccc(NC3CCN(C)CC3)cc2)cnc2c1NCCO2. The Labute approximate surface area is 209 Å². The van der Waals surface area contributed by atoms with Gasteiger partial charge in [-0.2, -0.15) is 0 Å². The summed E-state index contributed by atoms with van der Waals surface area (Å²) in [4.78, 5) is 35.1. The maximum absolute atomic E-state index is 13.2. The van der Waals surface area contributed by atoms with E-state index in [0.29, 0.717) is 42.1 Å². The van der Waals surface area contributed by atoms with Crippen LogP contribution in [-0.4, -0.2) is 60.1 Å². The predicted octanol–water partition coefficient (Wildman–Crippen LogP) is 3.38. The van der Waals surface area contributed by atoms with Crippen molar-refractivity contribution in [2.24, 2.45) is 0 Å². The molecule has 1 saturated heterocycles. The summed E-state index contributed by atoms with van der Waals surface area (Å²) in [7, 11) is 2.14. The van der Waals surface area contributed by atoms with Crippen LogP contribution < -0.4 is 31.6 Å². The van der Waals surface area contributed by atoms with Crippen LogP contribution in [0.3, 0.4) is 0 Å². The Morgan fingerprint density at radius 2 is 1.86 bits per heavy atom. The molecule has 0 aliphatic carbocycles. The molecule has 3 aromatic rings. The van der Waals surface area contributed by atoms with Crippen LogP contribution in [0.2, 0.25) is 0 Å². The van der Waals surface area contributed by atoms with E-state index in [2.05, 4.69) is 43.2 Å². The molecule has 2 aromatic heterocycles. The number of amides is 1. The number of benzene rings is 1. The molecule has 0 unspecified atom stereocenters. The van der Waals surface area contributed by atoms with E-state index in [0.717, 1.165) is 42.9 Å². The molecular weight excluding hydrogens is 458 g/mol. The van der Waals surface area contributed by atoms with Crippen LogP contribution in [0.4, 0.5) is 28.4 Å². The number of aromatic amines is 1. The number of carbonyl (C=O) groups is 1. The predicted molar refractivity (Wildman–Crippen MR) is 142 cm³/mol. The van der Waals surface area contributed by atoms with E-state index in [9.17, 15) is 9.59 Å². The molecule has 36 heavy (non-hydrogen) atoms. The van der Waals surface area contributed by atoms with Crippen molar-refractivity contribution in [3.63, 3.8) is 0 Å². The van der Waals surface area contributed by atoms with Crippen LogP contribution in [0.1, 0.15) is 28.8 Å². The van der Waals surface area contributed by atoms with Gasteiger partial charge in [0.2, 0.25) is 5.88 Å². The van der Waals surface area contributed by atoms with Gasteiger partial charge in [-0.1, -0.05) is 0 Å². The molecule has 5 N–H and O–H groups in total. The number of anilines is 5. The van der Waals surface area contributed by atoms with E-state index >= 15 is 0 Å². The third kappa shape index (κ3) is 5.13. The number of rotatable bonds is 6. The molecule has 0 bridgehead atoms. The average molecular weight is 490 g/mol. The number of nitrogens with zero attached hydrogens (tertiary/aromatic N) is 2. The van der Waals surface area contributed by atoms with Gasteiger partial charge in [-0.3, -0.25) is 9.59 Å². The normalized spacial score (nSPS) is 15.8. The Hall–Kier alpha value is -4.05. The average Bonchev–Trinajstić information content (AvgIpc) is 2.88. The summed E-state index contributed by atoms with van der Waals surface area (Å²) in [5.74, 6) is 0.0438. The lowest BCUT2D eigenvalue weighted by Crippen LogP contribution is -2.36. The molecule has 1 amide bonds. The zero-order valence-electron chi connectivity index (χ0n) is 20.5. The molecule has 4 heterocycles. The number of likely N-dealkylation sites (tertiary alicyclic amines) is 1. The summed E-state index contributed by atoms with van der Waals surface area (Å²) in [5.41, 5.74) is 3.88. The Kier molecular flexibility index (Phi) is 6.77. The van der Waals surface area contributed by atoms with Crippen molar-refractivity contribution in [3.05, 3.63) is 64.2 Å². The lowest BCUT2D eigenvalue weighted by molar-refractivity contribution is 0.102. The number of piperidine rings is 1. The highest BCUT2D eigenvalue weighted by Gasteiger charge is 2.21. The van der Waals surface area contributed by atoms with Crippen molar-refractivity contribution >= 4 is 34.3 Å². The fourth-order valence-corrected chi connectivity index (χ4v) is 4.53. The molecule has 0 saturated carbocycles. The second-order valence-electron chi connectivity index (χ2n) is 9.23. The van der Waals surface area contributed by atoms with Crippen LogP contribution in [0.5, 0.6) is 5.88 Å². The van der Waals surface area contributed by atoms with E-state index in [4.69, 9.17) is 4.74 Å². The summed E-state index contributed by atoms with van der Waals surface area (Å²) < 4.78 is 5.59. The summed E-state index contributed by atoms with van der Waals surface area (Å²) in [6.07, 6.45) is 5.35. The van der Waals surface area contributed by atoms with Gasteiger partial charge < -0.3 is 35.9 Å². The number of pyridine rings is 2. The molecule has 10 heteroatoms. The summed E-state index contributed by atoms with van der Waals surface area (Å²) >= 11 is 0. The summed E-state index contributed by atoms with van der Waals surface area (Å²) in [6, 6.07) is 9.67. The molecular formula is C26H31N7O3. The first kappa shape index (κ1) is 23.7. The van der Waals surface area contributed by atoms with Gasteiger partial charge in [0.25, 0.3) is 11.5 Å². The number of carbonyl (C=O) groups excluding carboxylic acids is 1. The number of H-pyrrole nitrogens is 1. The van der Waals surface area contributed by atoms with Crippen LogP contribution in [0.25, 0.3) is 0 Å². The van der Waals surface area contributed by atoms with Gasteiger partial charge in [-0.05, 0) is 70.2 Å². The zero-order chi connectivity index (χ0) is 25.1. The Bertz CT molecular complexity index is 1300. The first-order valence-corrected chi connectivity index (χ1v) is 12.2. The minimum Gasteiger partial charge on any atom is -0.474 e. The van der Waals surface area contributed by atoms with Crippen LogP contribution in [0, 0.1) is 6.92 Å². The first-order valence-electron chi connectivity index (χ1n) is 12.2. The maximum Gasteiger partial charge on any atom is 0.263 e. The van der Waals surface area contributed by atoms with E-state index in [1.165, 1.54) is 6.20 Å². The molecule has 2 aliphatic heterocycles. The highest BCUT2D eigenvalue weighted by Crippen LogP contribution is 2.34. The van der Waals surface area contributed by atoms with Crippen LogP contribution in [-0.2, 0) is 0 Å². The molecule has 1 aromatic carbocycles. The molecule has 188 valence electrons. The van der Waals surface area contributed by atoms with Crippen molar-refractivity contribution < 1.29 is 9.53 Å². The molecule has 2 aliphatic rings. The molecule has 0 spiro atoms. The van der Waals surface area contributed by atoms with Crippen molar-refractivity contribution in [1.82, 2.24) is 14.9 Å². The third-order valence-corrected chi connectivity index (χ3v) is 6.64. The largest absolute Gasteiger partial charge is 0.474 e. The first-order chi connectivity index (χ1) is 17.5. The zero-order valence-corrected chi connectivity index (χ0v) is 20.5. The molecule has 10 nitrogen and oxygen atoms in total. The quantitative estimate of drug-likeness (QED) is 0.357. The van der Waals surface area contributed by atoms with Gasteiger partial charge in [-0.25, -0.2) is 4.98 Å². The van der Waals surface area contributed by atoms with Gasteiger partial charge in [0.05, 0.1) is 17.6 Å².